The van der Waals surface area contributed by atoms with Crippen molar-refractivity contribution in [2.45, 2.75) is 18.9 Å². The van der Waals surface area contributed by atoms with Crippen LogP contribution in [0.5, 0.6) is 0 Å². The van der Waals surface area contributed by atoms with E-state index in [0.717, 1.165) is 41.1 Å². The minimum Gasteiger partial charge on any atom is -0.381 e. The first-order chi connectivity index (χ1) is 7.68. The normalized spacial score (nSPS) is 19.7. The minimum absolute atomic E-state index is 0.0653. The van der Waals surface area contributed by atoms with E-state index in [4.69, 9.17) is 22.1 Å². The van der Waals surface area contributed by atoms with Crippen molar-refractivity contribution in [1.29, 1.82) is 0 Å². The molecule has 1 unspecified atom stereocenters. The van der Waals surface area contributed by atoms with Crippen LogP contribution in [-0.2, 0) is 4.74 Å². The van der Waals surface area contributed by atoms with Crippen molar-refractivity contribution < 1.29 is 4.74 Å². The fourth-order valence-electron chi connectivity index (χ4n) is 2.10. The molecule has 0 radical (unpaired) electrons. The predicted octanol–water partition coefficient (Wildman–Crippen LogP) is 3.53. The average Bonchev–Trinajstić information content (AvgIpc) is 2.29. The molecular formula is C12H15BrClNO. The van der Waals surface area contributed by atoms with Gasteiger partial charge in [0, 0.05) is 28.8 Å². The average molecular weight is 305 g/mol. The zero-order valence-corrected chi connectivity index (χ0v) is 11.3. The standard InChI is InChI=1S/C12H15BrClNO/c13-11-7-9(14)1-2-10(11)12(15)8-3-5-16-6-4-8/h1-2,7-8,12H,3-6,15H2. The molecular weight excluding hydrogens is 289 g/mol. The van der Waals surface area contributed by atoms with E-state index in [1.54, 1.807) is 0 Å². The van der Waals surface area contributed by atoms with Crippen LogP contribution in [0.3, 0.4) is 0 Å². The Labute approximate surface area is 109 Å². The maximum absolute atomic E-state index is 6.29. The molecule has 0 aromatic heterocycles. The van der Waals surface area contributed by atoms with Crippen molar-refractivity contribution in [3.05, 3.63) is 33.3 Å². The summed E-state index contributed by atoms with van der Waals surface area (Å²) in [5.41, 5.74) is 7.43. The second-order valence-electron chi connectivity index (χ2n) is 4.14. The monoisotopic (exact) mass is 303 g/mol. The maximum Gasteiger partial charge on any atom is 0.0469 e. The number of rotatable bonds is 2. The largest absolute Gasteiger partial charge is 0.381 e. The second kappa shape index (κ2) is 5.50. The lowest BCUT2D eigenvalue weighted by Gasteiger charge is -2.28. The van der Waals surface area contributed by atoms with Gasteiger partial charge in [-0.1, -0.05) is 33.6 Å². The van der Waals surface area contributed by atoms with Crippen LogP contribution in [0.25, 0.3) is 0 Å². The molecule has 0 bridgehead atoms. The van der Waals surface area contributed by atoms with E-state index in [9.17, 15) is 0 Å². The third kappa shape index (κ3) is 2.77. The first-order valence-corrected chi connectivity index (χ1v) is 6.64. The molecule has 16 heavy (non-hydrogen) atoms. The zero-order valence-electron chi connectivity index (χ0n) is 8.96. The molecule has 1 heterocycles. The van der Waals surface area contributed by atoms with Crippen LogP contribution in [0, 0.1) is 5.92 Å². The van der Waals surface area contributed by atoms with Crippen molar-refractivity contribution in [1.82, 2.24) is 0 Å². The molecule has 2 nitrogen and oxygen atoms in total. The number of halogens is 2. The van der Waals surface area contributed by atoms with Gasteiger partial charge in [-0.05, 0) is 36.5 Å². The van der Waals surface area contributed by atoms with Crippen LogP contribution in [-0.4, -0.2) is 13.2 Å². The summed E-state index contributed by atoms with van der Waals surface area (Å²) in [5, 5.41) is 0.731. The Morgan fingerprint density at radius 1 is 1.38 bits per heavy atom. The smallest absolute Gasteiger partial charge is 0.0469 e. The molecule has 1 aliphatic rings. The SMILES string of the molecule is NC(c1ccc(Cl)cc1Br)C1CCOCC1. The van der Waals surface area contributed by atoms with Crippen LogP contribution < -0.4 is 5.73 Å². The summed E-state index contributed by atoms with van der Waals surface area (Å²) in [6, 6.07) is 5.86. The van der Waals surface area contributed by atoms with Gasteiger partial charge in [-0.3, -0.25) is 0 Å². The van der Waals surface area contributed by atoms with Crippen LogP contribution in [0.1, 0.15) is 24.4 Å². The van der Waals surface area contributed by atoms with Crippen LogP contribution in [0.2, 0.25) is 5.02 Å². The van der Waals surface area contributed by atoms with Gasteiger partial charge in [-0.15, -0.1) is 0 Å². The van der Waals surface area contributed by atoms with Crippen molar-refractivity contribution >= 4 is 27.5 Å². The highest BCUT2D eigenvalue weighted by Gasteiger charge is 2.23. The Bertz CT molecular complexity index is 366. The molecule has 1 aliphatic heterocycles. The highest BCUT2D eigenvalue weighted by atomic mass is 79.9. The minimum atomic E-state index is 0.0653. The molecule has 1 aromatic carbocycles. The van der Waals surface area contributed by atoms with E-state index in [1.165, 1.54) is 0 Å². The van der Waals surface area contributed by atoms with E-state index in [-0.39, 0.29) is 6.04 Å². The van der Waals surface area contributed by atoms with Gasteiger partial charge in [0.15, 0.2) is 0 Å². The number of hydrogen-bond donors (Lipinski definition) is 1. The van der Waals surface area contributed by atoms with Gasteiger partial charge in [0.2, 0.25) is 0 Å². The predicted molar refractivity (Wildman–Crippen MR) is 69.6 cm³/mol. The Hall–Kier alpha value is -0.0900. The maximum atomic E-state index is 6.29. The van der Waals surface area contributed by atoms with Gasteiger partial charge in [0.1, 0.15) is 0 Å². The quantitative estimate of drug-likeness (QED) is 0.907. The highest BCUT2D eigenvalue weighted by Crippen LogP contribution is 2.33. The van der Waals surface area contributed by atoms with Crippen LogP contribution >= 0.6 is 27.5 Å². The van der Waals surface area contributed by atoms with Crippen molar-refractivity contribution in [3.63, 3.8) is 0 Å². The van der Waals surface area contributed by atoms with Gasteiger partial charge in [0.25, 0.3) is 0 Å². The summed E-state index contributed by atoms with van der Waals surface area (Å²) in [4.78, 5) is 0. The topological polar surface area (TPSA) is 35.2 Å². The van der Waals surface area contributed by atoms with E-state index in [2.05, 4.69) is 15.9 Å². The molecule has 0 saturated carbocycles. The fourth-order valence-corrected chi connectivity index (χ4v) is 3.05. The second-order valence-corrected chi connectivity index (χ2v) is 5.43. The van der Waals surface area contributed by atoms with Crippen LogP contribution in [0.4, 0.5) is 0 Å². The van der Waals surface area contributed by atoms with Gasteiger partial charge in [-0.25, -0.2) is 0 Å². The lowest BCUT2D eigenvalue weighted by molar-refractivity contribution is 0.0583. The number of benzene rings is 1. The lowest BCUT2D eigenvalue weighted by atomic mass is 9.88. The molecule has 88 valence electrons. The summed E-state index contributed by atoms with van der Waals surface area (Å²) < 4.78 is 6.35. The highest BCUT2D eigenvalue weighted by molar-refractivity contribution is 9.10. The molecule has 4 heteroatoms. The molecule has 0 amide bonds. The van der Waals surface area contributed by atoms with E-state index in [1.807, 2.05) is 18.2 Å². The van der Waals surface area contributed by atoms with Gasteiger partial charge in [-0.2, -0.15) is 0 Å². The molecule has 1 aromatic rings. The summed E-state index contributed by atoms with van der Waals surface area (Å²) in [5.74, 6) is 0.506. The fraction of sp³-hybridized carbons (Fsp3) is 0.500. The van der Waals surface area contributed by atoms with E-state index >= 15 is 0 Å². The number of hydrogen-bond acceptors (Lipinski definition) is 2. The summed E-state index contributed by atoms with van der Waals surface area (Å²) in [7, 11) is 0. The van der Waals surface area contributed by atoms with Gasteiger partial charge in [0.05, 0.1) is 0 Å². The van der Waals surface area contributed by atoms with Crippen molar-refractivity contribution in [2.75, 3.05) is 13.2 Å². The van der Waals surface area contributed by atoms with E-state index < -0.39 is 0 Å². The Morgan fingerprint density at radius 2 is 2.06 bits per heavy atom. The molecule has 2 N–H and O–H groups in total. The third-order valence-corrected chi connectivity index (χ3v) is 4.02. The molecule has 1 fully saturated rings. The van der Waals surface area contributed by atoms with Gasteiger partial charge < -0.3 is 10.5 Å². The zero-order chi connectivity index (χ0) is 11.5. The van der Waals surface area contributed by atoms with Gasteiger partial charge >= 0.3 is 0 Å². The van der Waals surface area contributed by atoms with Crippen LogP contribution in [0.15, 0.2) is 22.7 Å². The molecule has 0 spiro atoms. The molecule has 1 saturated heterocycles. The summed E-state index contributed by atoms with van der Waals surface area (Å²) in [6.07, 6.45) is 2.08. The third-order valence-electron chi connectivity index (χ3n) is 3.10. The molecule has 1 atom stereocenters. The van der Waals surface area contributed by atoms with Crippen molar-refractivity contribution in [3.8, 4) is 0 Å². The Kier molecular flexibility index (Phi) is 4.25. The van der Waals surface area contributed by atoms with Crippen molar-refractivity contribution in [2.24, 2.45) is 11.7 Å². The summed E-state index contributed by atoms with van der Waals surface area (Å²) in [6.45, 7) is 1.65. The Balaban J connectivity index is 2.15. The van der Waals surface area contributed by atoms with E-state index in [0.29, 0.717) is 5.92 Å². The molecule has 0 aliphatic carbocycles. The number of nitrogens with two attached hydrogens (primary N) is 1. The lowest BCUT2D eigenvalue weighted by Crippen LogP contribution is -2.27. The summed E-state index contributed by atoms with van der Waals surface area (Å²) >= 11 is 9.44. The number of ether oxygens (including phenoxy) is 1. The molecule has 2 rings (SSSR count). The first-order valence-electron chi connectivity index (χ1n) is 5.47. The Morgan fingerprint density at radius 3 is 2.69 bits per heavy atom. The first kappa shape index (κ1) is 12.4.